The van der Waals surface area contributed by atoms with Gasteiger partial charge in [-0.25, -0.2) is 4.98 Å². The number of nitrogens with zero attached hydrogens (tertiary/aromatic N) is 4. The Labute approximate surface area is 142 Å². The number of amides is 1. The predicted octanol–water partition coefficient (Wildman–Crippen LogP) is 3.35. The fourth-order valence-electron chi connectivity index (χ4n) is 3.28. The molecular weight excluding hydrogens is 328 g/mol. The second-order valence-corrected chi connectivity index (χ2v) is 8.09. The van der Waals surface area contributed by atoms with Crippen LogP contribution in [0.15, 0.2) is 23.3 Å². The zero-order valence-electron chi connectivity index (χ0n) is 13.2. The van der Waals surface area contributed by atoms with E-state index >= 15 is 0 Å². The number of aromatic nitrogens is 3. The Kier molecular flexibility index (Phi) is 3.50. The van der Waals surface area contributed by atoms with E-state index in [9.17, 15) is 4.79 Å². The van der Waals surface area contributed by atoms with E-state index in [1.54, 1.807) is 23.0 Å². The second kappa shape index (κ2) is 5.42. The molecule has 5 nitrogen and oxygen atoms in total. The molecule has 4 rings (SSSR count). The lowest BCUT2D eigenvalue weighted by molar-refractivity contribution is 0.0679. The lowest BCUT2D eigenvalue weighted by atomic mass is 9.78. The van der Waals surface area contributed by atoms with Gasteiger partial charge in [-0.15, -0.1) is 22.7 Å². The van der Waals surface area contributed by atoms with Gasteiger partial charge in [0, 0.05) is 30.1 Å². The number of piperidine rings is 1. The number of hydrogen-bond acceptors (Lipinski definition) is 5. The summed E-state index contributed by atoms with van der Waals surface area (Å²) in [6.45, 7) is 5.88. The molecule has 3 aromatic heterocycles. The number of carbonyl (C=O) groups is 1. The number of hydrogen-bond donors (Lipinski definition) is 0. The molecule has 120 valence electrons. The molecule has 0 N–H and O–H groups in total. The molecule has 0 unspecified atom stereocenters. The Bertz CT molecular complexity index is 841. The normalized spacial score (nSPS) is 17.7. The second-order valence-electron chi connectivity index (χ2n) is 6.30. The number of thiazole rings is 2. The number of rotatable bonds is 2. The van der Waals surface area contributed by atoms with Crippen molar-refractivity contribution in [2.75, 3.05) is 13.1 Å². The third-order valence-electron chi connectivity index (χ3n) is 4.80. The Balaban J connectivity index is 1.56. The highest BCUT2D eigenvalue weighted by molar-refractivity contribution is 7.15. The van der Waals surface area contributed by atoms with Gasteiger partial charge in [0.15, 0.2) is 0 Å². The molecule has 1 amide bonds. The van der Waals surface area contributed by atoms with Crippen LogP contribution in [0.3, 0.4) is 0 Å². The van der Waals surface area contributed by atoms with Crippen molar-refractivity contribution >= 4 is 33.4 Å². The quantitative estimate of drug-likeness (QED) is 0.715. The van der Waals surface area contributed by atoms with Crippen LogP contribution in [0.4, 0.5) is 0 Å². The highest BCUT2D eigenvalue weighted by Crippen LogP contribution is 2.38. The van der Waals surface area contributed by atoms with Crippen molar-refractivity contribution in [1.82, 2.24) is 19.3 Å². The first kappa shape index (κ1) is 14.8. The van der Waals surface area contributed by atoms with E-state index in [-0.39, 0.29) is 11.3 Å². The molecule has 0 saturated carbocycles. The first-order chi connectivity index (χ1) is 11.1. The number of likely N-dealkylation sites (tertiary alicyclic amines) is 1. The van der Waals surface area contributed by atoms with E-state index in [0.29, 0.717) is 0 Å². The van der Waals surface area contributed by atoms with Crippen LogP contribution < -0.4 is 0 Å². The lowest BCUT2D eigenvalue weighted by Crippen LogP contribution is -2.44. The summed E-state index contributed by atoms with van der Waals surface area (Å²) in [4.78, 5) is 25.2. The molecule has 3 aromatic rings. The van der Waals surface area contributed by atoms with Crippen LogP contribution in [0.5, 0.6) is 0 Å². The summed E-state index contributed by atoms with van der Waals surface area (Å²) in [5.74, 6) is 1.15. The van der Waals surface area contributed by atoms with Gasteiger partial charge in [-0.2, -0.15) is 0 Å². The maximum atomic E-state index is 12.5. The van der Waals surface area contributed by atoms with Crippen LogP contribution in [0.1, 0.15) is 41.0 Å². The molecule has 4 heterocycles. The van der Waals surface area contributed by atoms with E-state index in [4.69, 9.17) is 4.98 Å². The van der Waals surface area contributed by atoms with E-state index in [0.717, 1.165) is 36.6 Å². The van der Waals surface area contributed by atoms with Gasteiger partial charge in [-0.05, 0) is 19.8 Å². The fourth-order valence-corrected chi connectivity index (χ4v) is 4.89. The SMILES string of the molecule is Cc1nc(C2(C)CCN(C(=O)c3cncs3)CC2)c2sccn12. The minimum atomic E-state index is 0.0366. The maximum Gasteiger partial charge on any atom is 0.265 e. The molecule has 7 heteroatoms. The van der Waals surface area contributed by atoms with Gasteiger partial charge in [-0.1, -0.05) is 6.92 Å². The fraction of sp³-hybridized carbons (Fsp3) is 0.438. The monoisotopic (exact) mass is 346 g/mol. The van der Waals surface area contributed by atoms with E-state index in [2.05, 4.69) is 34.8 Å². The molecule has 0 radical (unpaired) electrons. The smallest absolute Gasteiger partial charge is 0.265 e. The van der Waals surface area contributed by atoms with Crippen molar-refractivity contribution in [3.8, 4) is 0 Å². The van der Waals surface area contributed by atoms with Crippen molar-refractivity contribution in [2.24, 2.45) is 0 Å². The van der Waals surface area contributed by atoms with E-state index in [1.165, 1.54) is 21.9 Å². The van der Waals surface area contributed by atoms with Gasteiger partial charge < -0.3 is 4.90 Å². The molecule has 0 aliphatic carbocycles. The third kappa shape index (κ3) is 2.38. The average molecular weight is 346 g/mol. The Hall–Kier alpha value is -1.73. The lowest BCUT2D eigenvalue weighted by Gasteiger charge is -2.38. The van der Waals surface area contributed by atoms with Crippen LogP contribution >= 0.6 is 22.7 Å². The van der Waals surface area contributed by atoms with E-state index in [1.807, 2.05) is 4.90 Å². The molecule has 0 atom stereocenters. The number of fused-ring (bicyclic) bond motifs is 1. The number of aryl methyl sites for hydroxylation is 1. The minimum absolute atomic E-state index is 0.0366. The van der Waals surface area contributed by atoms with Gasteiger partial charge in [0.2, 0.25) is 0 Å². The Morgan fingerprint density at radius 1 is 1.30 bits per heavy atom. The van der Waals surface area contributed by atoms with E-state index < -0.39 is 0 Å². The third-order valence-corrected chi connectivity index (χ3v) is 6.43. The molecule has 1 aliphatic rings. The van der Waals surface area contributed by atoms with Crippen LogP contribution in [-0.4, -0.2) is 38.3 Å². The molecule has 0 spiro atoms. The molecule has 0 aromatic carbocycles. The zero-order chi connectivity index (χ0) is 16.0. The van der Waals surface area contributed by atoms with Gasteiger partial charge in [0.1, 0.15) is 15.5 Å². The summed E-state index contributed by atoms with van der Waals surface area (Å²) in [5, 5.41) is 2.11. The van der Waals surface area contributed by atoms with Crippen molar-refractivity contribution in [3.63, 3.8) is 0 Å². The Morgan fingerprint density at radius 3 is 2.78 bits per heavy atom. The van der Waals surface area contributed by atoms with Gasteiger partial charge >= 0.3 is 0 Å². The summed E-state index contributed by atoms with van der Waals surface area (Å²) in [5.41, 5.74) is 2.94. The first-order valence-electron chi connectivity index (χ1n) is 7.69. The standard InChI is InChI=1S/C16H18N4OS2/c1-11-18-13(15-20(11)7-8-22-15)16(2)3-5-19(6-4-16)14(21)12-9-17-10-23-12/h7-10H,3-6H2,1-2H3. The molecular formula is C16H18N4OS2. The molecule has 0 bridgehead atoms. The van der Waals surface area contributed by atoms with Gasteiger partial charge in [0.25, 0.3) is 5.91 Å². The summed E-state index contributed by atoms with van der Waals surface area (Å²) < 4.78 is 2.17. The predicted molar refractivity (Wildman–Crippen MR) is 92.4 cm³/mol. The first-order valence-corrected chi connectivity index (χ1v) is 9.45. The topological polar surface area (TPSA) is 50.5 Å². The van der Waals surface area contributed by atoms with Gasteiger partial charge in [0.05, 0.1) is 17.4 Å². The maximum absolute atomic E-state index is 12.5. The number of imidazole rings is 1. The minimum Gasteiger partial charge on any atom is -0.338 e. The molecule has 23 heavy (non-hydrogen) atoms. The largest absolute Gasteiger partial charge is 0.338 e. The zero-order valence-corrected chi connectivity index (χ0v) is 14.8. The van der Waals surface area contributed by atoms with Crippen molar-refractivity contribution in [3.05, 3.63) is 39.7 Å². The molecule has 1 aliphatic heterocycles. The number of carbonyl (C=O) groups excluding carboxylic acids is 1. The van der Waals surface area contributed by atoms with Crippen LogP contribution in [0, 0.1) is 6.92 Å². The highest BCUT2D eigenvalue weighted by Gasteiger charge is 2.37. The summed E-state index contributed by atoms with van der Waals surface area (Å²) >= 11 is 3.16. The summed E-state index contributed by atoms with van der Waals surface area (Å²) in [6.07, 6.45) is 5.63. The van der Waals surface area contributed by atoms with Crippen molar-refractivity contribution < 1.29 is 4.79 Å². The van der Waals surface area contributed by atoms with Crippen molar-refractivity contribution in [2.45, 2.75) is 32.1 Å². The summed E-state index contributed by atoms with van der Waals surface area (Å²) in [6, 6.07) is 0. The van der Waals surface area contributed by atoms with Crippen molar-refractivity contribution in [1.29, 1.82) is 0 Å². The van der Waals surface area contributed by atoms with Crippen LogP contribution in [-0.2, 0) is 5.41 Å². The molecule has 1 fully saturated rings. The van der Waals surface area contributed by atoms with Gasteiger partial charge in [-0.3, -0.25) is 14.2 Å². The van der Waals surface area contributed by atoms with Crippen LogP contribution in [0.2, 0.25) is 0 Å². The highest BCUT2D eigenvalue weighted by atomic mass is 32.1. The Morgan fingerprint density at radius 2 is 2.09 bits per heavy atom. The summed E-state index contributed by atoms with van der Waals surface area (Å²) in [7, 11) is 0. The van der Waals surface area contributed by atoms with Crippen LogP contribution in [0.25, 0.3) is 4.83 Å². The molecule has 1 saturated heterocycles. The average Bonchev–Trinajstić information content (AvgIpc) is 3.26.